The molecule has 0 saturated heterocycles. The quantitative estimate of drug-likeness (QED) is 0.783. The van der Waals surface area contributed by atoms with Crippen LogP contribution in [0.2, 0.25) is 0 Å². The fourth-order valence-electron chi connectivity index (χ4n) is 4.12. The molecule has 1 aliphatic carbocycles. The average Bonchev–Trinajstić information content (AvgIpc) is 3.02. The number of carbonyl (C=O) groups excluding carboxylic acids is 1. The van der Waals surface area contributed by atoms with Gasteiger partial charge in [0.2, 0.25) is 5.91 Å². The highest BCUT2D eigenvalue weighted by Gasteiger charge is 2.34. The third-order valence-electron chi connectivity index (χ3n) is 5.14. The lowest BCUT2D eigenvalue weighted by Gasteiger charge is -2.42. The molecule has 1 aromatic carbocycles. The Balaban J connectivity index is 1.71. The average molecular weight is 270 g/mol. The van der Waals surface area contributed by atoms with Gasteiger partial charge in [-0.3, -0.25) is 4.79 Å². The van der Waals surface area contributed by atoms with Gasteiger partial charge in [0.05, 0.1) is 11.4 Å². The van der Waals surface area contributed by atoms with Crippen molar-refractivity contribution in [3.8, 4) is 0 Å². The number of nitrogens with zero attached hydrogens (tertiary/aromatic N) is 2. The summed E-state index contributed by atoms with van der Waals surface area (Å²) in [6.07, 6.45) is 7.03. The summed E-state index contributed by atoms with van der Waals surface area (Å²) >= 11 is 0. The van der Waals surface area contributed by atoms with Crippen LogP contribution in [-0.4, -0.2) is 25.5 Å². The highest BCUT2D eigenvalue weighted by atomic mass is 16.2. The lowest BCUT2D eigenvalue weighted by molar-refractivity contribution is -0.122. The van der Waals surface area contributed by atoms with E-state index in [1.807, 2.05) is 0 Å². The van der Waals surface area contributed by atoms with Gasteiger partial charge in [0, 0.05) is 25.6 Å². The Kier molecular flexibility index (Phi) is 2.94. The molecule has 0 aromatic heterocycles. The van der Waals surface area contributed by atoms with Crippen LogP contribution in [0.15, 0.2) is 18.2 Å². The van der Waals surface area contributed by atoms with Gasteiger partial charge in [-0.25, -0.2) is 0 Å². The molecule has 3 heteroatoms. The van der Waals surface area contributed by atoms with E-state index in [2.05, 4.69) is 28.0 Å². The number of aryl methyl sites for hydroxylation is 1. The summed E-state index contributed by atoms with van der Waals surface area (Å²) in [7, 11) is 0. The molecule has 20 heavy (non-hydrogen) atoms. The minimum atomic E-state index is 0.279. The number of hydrogen-bond donors (Lipinski definition) is 0. The first-order valence-corrected chi connectivity index (χ1v) is 8.03. The van der Waals surface area contributed by atoms with Gasteiger partial charge in [-0.15, -0.1) is 0 Å². The Morgan fingerprint density at radius 2 is 1.90 bits per heavy atom. The lowest BCUT2D eigenvalue weighted by atomic mass is 9.97. The first-order chi connectivity index (χ1) is 9.84. The molecular weight excluding hydrogens is 248 g/mol. The summed E-state index contributed by atoms with van der Waals surface area (Å²) in [5.41, 5.74) is 3.94. The second kappa shape index (κ2) is 4.80. The van der Waals surface area contributed by atoms with Gasteiger partial charge >= 0.3 is 0 Å². The van der Waals surface area contributed by atoms with E-state index >= 15 is 0 Å². The molecule has 3 nitrogen and oxygen atoms in total. The van der Waals surface area contributed by atoms with Crippen LogP contribution in [0.1, 0.15) is 37.7 Å². The van der Waals surface area contributed by atoms with Crippen LogP contribution in [0.25, 0.3) is 0 Å². The predicted molar refractivity (Wildman–Crippen MR) is 81.3 cm³/mol. The molecule has 1 saturated carbocycles. The predicted octanol–water partition coefficient (Wildman–Crippen LogP) is 2.98. The molecule has 0 bridgehead atoms. The minimum absolute atomic E-state index is 0.279. The Morgan fingerprint density at radius 3 is 2.75 bits per heavy atom. The summed E-state index contributed by atoms with van der Waals surface area (Å²) in [6.45, 7) is 3.02. The Morgan fingerprint density at radius 1 is 1.05 bits per heavy atom. The number of anilines is 2. The van der Waals surface area contributed by atoms with Crippen LogP contribution in [-0.2, 0) is 11.2 Å². The molecule has 2 aliphatic heterocycles. The molecule has 3 aliphatic rings. The molecular formula is C17H22N2O. The van der Waals surface area contributed by atoms with Crippen molar-refractivity contribution in [3.05, 3.63) is 23.8 Å². The van der Waals surface area contributed by atoms with Gasteiger partial charge in [0.25, 0.3) is 0 Å². The molecule has 0 N–H and O–H groups in total. The van der Waals surface area contributed by atoms with Gasteiger partial charge in [-0.1, -0.05) is 25.0 Å². The number of amides is 1. The molecule has 1 aromatic rings. The molecule has 0 spiro atoms. The van der Waals surface area contributed by atoms with E-state index in [-0.39, 0.29) is 5.92 Å². The van der Waals surface area contributed by atoms with Crippen molar-refractivity contribution >= 4 is 17.3 Å². The van der Waals surface area contributed by atoms with Crippen LogP contribution in [0.4, 0.5) is 11.4 Å². The Labute approximate surface area is 120 Å². The molecule has 106 valence electrons. The molecule has 1 amide bonds. The van der Waals surface area contributed by atoms with Gasteiger partial charge in [0.15, 0.2) is 0 Å². The Bertz CT molecular complexity index is 534. The van der Waals surface area contributed by atoms with Crippen LogP contribution in [0.5, 0.6) is 0 Å². The summed E-state index contributed by atoms with van der Waals surface area (Å²) < 4.78 is 0. The highest BCUT2D eigenvalue weighted by Crippen LogP contribution is 2.40. The van der Waals surface area contributed by atoms with Gasteiger partial charge in [0.1, 0.15) is 0 Å². The minimum Gasteiger partial charge on any atom is -0.368 e. The summed E-state index contributed by atoms with van der Waals surface area (Å²) in [6, 6.07) is 6.50. The van der Waals surface area contributed by atoms with Crippen molar-refractivity contribution in [2.24, 2.45) is 5.92 Å². The van der Waals surface area contributed by atoms with Crippen LogP contribution in [0, 0.1) is 5.92 Å². The van der Waals surface area contributed by atoms with E-state index in [9.17, 15) is 4.79 Å². The lowest BCUT2D eigenvalue weighted by Crippen LogP contribution is -2.47. The van der Waals surface area contributed by atoms with Crippen molar-refractivity contribution in [1.82, 2.24) is 0 Å². The van der Waals surface area contributed by atoms with Crippen LogP contribution < -0.4 is 9.80 Å². The molecule has 0 radical (unpaired) electrons. The van der Waals surface area contributed by atoms with Gasteiger partial charge in [-0.2, -0.15) is 0 Å². The topological polar surface area (TPSA) is 23.6 Å². The summed E-state index contributed by atoms with van der Waals surface area (Å²) in [5, 5.41) is 0. The number of rotatable bonds is 1. The van der Waals surface area contributed by atoms with Gasteiger partial charge in [-0.05, 0) is 37.3 Å². The van der Waals surface area contributed by atoms with Crippen molar-refractivity contribution in [2.45, 2.75) is 38.5 Å². The van der Waals surface area contributed by atoms with E-state index in [1.165, 1.54) is 36.2 Å². The van der Waals surface area contributed by atoms with Crippen LogP contribution >= 0.6 is 0 Å². The first kappa shape index (κ1) is 12.2. The highest BCUT2D eigenvalue weighted by molar-refractivity contribution is 6.00. The summed E-state index contributed by atoms with van der Waals surface area (Å²) in [5.74, 6) is 0.655. The monoisotopic (exact) mass is 270 g/mol. The normalized spacial score (nSPS) is 22.0. The number of carbonyl (C=O) groups is 1. The van der Waals surface area contributed by atoms with E-state index in [0.717, 1.165) is 38.9 Å². The second-order valence-corrected chi connectivity index (χ2v) is 6.35. The second-order valence-electron chi connectivity index (χ2n) is 6.35. The van der Waals surface area contributed by atoms with Crippen molar-refractivity contribution < 1.29 is 4.79 Å². The zero-order valence-electron chi connectivity index (χ0n) is 12.0. The maximum atomic E-state index is 12.8. The van der Waals surface area contributed by atoms with E-state index in [4.69, 9.17) is 0 Å². The number of para-hydroxylation sites is 1. The first-order valence-electron chi connectivity index (χ1n) is 8.03. The molecule has 2 heterocycles. The third-order valence-corrected chi connectivity index (χ3v) is 5.14. The van der Waals surface area contributed by atoms with Crippen molar-refractivity contribution in [1.29, 1.82) is 0 Å². The number of benzene rings is 1. The number of hydrogen-bond acceptors (Lipinski definition) is 2. The molecule has 4 rings (SSSR count). The molecule has 0 atom stereocenters. The summed E-state index contributed by atoms with van der Waals surface area (Å²) in [4.78, 5) is 17.4. The third kappa shape index (κ3) is 1.83. The van der Waals surface area contributed by atoms with Crippen molar-refractivity contribution in [3.63, 3.8) is 0 Å². The van der Waals surface area contributed by atoms with E-state index in [0.29, 0.717) is 5.91 Å². The van der Waals surface area contributed by atoms with E-state index in [1.54, 1.807) is 0 Å². The molecule has 1 fully saturated rings. The SMILES string of the molecule is O=C(C1CCCC1)N1CCN2CCCc3cccc1c32. The smallest absolute Gasteiger partial charge is 0.230 e. The zero-order valence-corrected chi connectivity index (χ0v) is 12.0. The fourth-order valence-corrected chi connectivity index (χ4v) is 4.12. The standard InChI is InChI=1S/C17H22N2O/c20-17(14-5-1-2-6-14)19-12-11-18-10-4-8-13-7-3-9-15(19)16(13)18/h3,7,9,14H,1-2,4-6,8,10-12H2. The largest absolute Gasteiger partial charge is 0.368 e. The fraction of sp³-hybridized carbons (Fsp3) is 0.588. The van der Waals surface area contributed by atoms with Gasteiger partial charge < -0.3 is 9.80 Å². The van der Waals surface area contributed by atoms with Crippen LogP contribution in [0.3, 0.4) is 0 Å². The van der Waals surface area contributed by atoms with Crippen molar-refractivity contribution in [2.75, 3.05) is 29.4 Å². The Hall–Kier alpha value is -1.51. The van der Waals surface area contributed by atoms with E-state index < -0.39 is 0 Å². The maximum absolute atomic E-state index is 12.8. The maximum Gasteiger partial charge on any atom is 0.230 e. The molecule has 0 unspecified atom stereocenters. The zero-order chi connectivity index (χ0) is 13.5.